The number of hydrogen-bond donors (Lipinski definition) is 2. The first-order chi connectivity index (χ1) is 9.04. The lowest BCUT2D eigenvalue weighted by Gasteiger charge is -2.17. The maximum Gasteiger partial charge on any atom is 0.258 e. The Morgan fingerprint density at radius 3 is 2.95 bits per heavy atom. The van der Waals surface area contributed by atoms with Crippen molar-refractivity contribution in [1.82, 2.24) is 5.32 Å². The summed E-state index contributed by atoms with van der Waals surface area (Å²) in [5.74, 6) is 0.548. The van der Waals surface area contributed by atoms with Gasteiger partial charge in [-0.25, -0.2) is 0 Å². The Bertz CT molecular complexity index is 497. The minimum absolute atomic E-state index is 0.00330. The molecule has 1 aliphatic heterocycles. The van der Waals surface area contributed by atoms with Gasteiger partial charge in [-0.1, -0.05) is 0 Å². The SMILES string of the molecule is CC(C)NC(=O)COc1ccc2c(c1)CCC(=O)N2. The van der Waals surface area contributed by atoms with E-state index < -0.39 is 0 Å². The van der Waals surface area contributed by atoms with E-state index in [0.29, 0.717) is 18.6 Å². The molecule has 5 heteroatoms. The number of aryl methyl sites for hydroxylation is 1. The first-order valence-electron chi connectivity index (χ1n) is 6.39. The van der Waals surface area contributed by atoms with E-state index in [1.54, 1.807) is 6.07 Å². The predicted molar refractivity (Wildman–Crippen MR) is 72.2 cm³/mol. The number of carbonyl (C=O) groups excluding carboxylic acids is 2. The molecule has 5 nitrogen and oxygen atoms in total. The molecule has 1 aromatic carbocycles. The number of fused-ring (bicyclic) bond motifs is 1. The van der Waals surface area contributed by atoms with Crippen LogP contribution in [0.15, 0.2) is 18.2 Å². The van der Waals surface area contributed by atoms with E-state index in [1.807, 2.05) is 26.0 Å². The number of rotatable bonds is 4. The van der Waals surface area contributed by atoms with Crippen molar-refractivity contribution in [2.24, 2.45) is 0 Å². The fourth-order valence-corrected chi connectivity index (χ4v) is 1.96. The van der Waals surface area contributed by atoms with E-state index in [0.717, 1.165) is 11.3 Å². The summed E-state index contributed by atoms with van der Waals surface area (Å²) in [6.45, 7) is 3.81. The Kier molecular flexibility index (Phi) is 4.04. The highest BCUT2D eigenvalue weighted by Crippen LogP contribution is 2.26. The number of ether oxygens (including phenoxy) is 1. The first-order valence-corrected chi connectivity index (χ1v) is 6.39. The molecule has 1 heterocycles. The zero-order valence-corrected chi connectivity index (χ0v) is 11.2. The van der Waals surface area contributed by atoms with Crippen LogP contribution in [-0.2, 0) is 16.0 Å². The molecule has 0 spiro atoms. The molecular weight excluding hydrogens is 244 g/mol. The standard InChI is InChI=1S/C14H18N2O3/c1-9(2)15-14(18)8-19-11-4-5-12-10(7-11)3-6-13(17)16-12/h4-5,7,9H,3,6,8H2,1-2H3,(H,15,18)(H,16,17). The van der Waals surface area contributed by atoms with Gasteiger partial charge in [0.05, 0.1) is 0 Å². The molecule has 0 fully saturated rings. The van der Waals surface area contributed by atoms with Crippen LogP contribution < -0.4 is 15.4 Å². The van der Waals surface area contributed by atoms with Crippen molar-refractivity contribution in [1.29, 1.82) is 0 Å². The molecule has 0 bridgehead atoms. The molecule has 2 N–H and O–H groups in total. The number of benzene rings is 1. The third-order valence-electron chi connectivity index (χ3n) is 2.79. The molecule has 1 aromatic rings. The second-order valence-electron chi connectivity index (χ2n) is 4.88. The van der Waals surface area contributed by atoms with Crippen molar-refractivity contribution >= 4 is 17.5 Å². The summed E-state index contributed by atoms with van der Waals surface area (Å²) in [6, 6.07) is 5.54. The van der Waals surface area contributed by atoms with Crippen molar-refractivity contribution < 1.29 is 14.3 Å². The van der Waals surface area contributed by atoms with E-state index in [1.165, 1.54) is 0 Å². The highest BCUT2D eigenvalue weighted by Gasteiger charge is 2.15. The van der Waals surface area contributed by atoms with E-state index in [9.17, 15) is 9.59 Å². The van der Waals surface area contributed by atoms with Crippen LogP contribution in [0.5, 0.6) is 5.75 Å². The van der Waals surface area contributed by atoms with Crippen LogP contribution >= 0.6 is 0 Å². The molecule has 2 rings (SSSR count). The molecule has 0 saturated heterocycles. The summed E-state index contributed by atoms with van der Waals surface area (Å²) in [4.78, 5) is 22.7. The summed E-state index contributed by atoms with van der Waals surface area (Å²) >= 11 is 0. The lowest BCUT2D eigenvalue weighted by Crippen LogP contribution is -2.34. The molecule has 19 heavy (non-hydrogen) atoms. The van der Waals surface area contributed by atoms with Crippen LogP contribution in [0.3, 0.4) is 0 Å². The quantitative estimate of drug-likeness (QED) is 0.863. The Hall–Kier alpha value is -2.04. The normalized spacial score (nSPS) is 13.7. The minimum Gasteiger partial charge on any atom is -0.484 e. The van der Waals surface area contributed by atoms with Gasteiger partial charge in [0.2, 0.25) is 5.91 Å². The van der Waals surface area contributed by atoms with Crippen molar-refractivity contribution in [2.45, 2.75) is 32.7 Å². The van der Waals surface area contributed by atoms with Crippen molar-refractivity contribution in [2.75, 3.05) is 11.9 Å². The maximum absolute atomic E-state index is 11.5. The Labute approximate surface area is 112 Å². The van der Waals surface area contributed by atoms with Gasteiger partial charge in [-0.3, -0.25) is 9.59 Å². The topological polar surface area (TPSA) is 67.4 Å². The van der Waals surface area contributed by atoms with Crippen molar-refractivity contribution in [3.8, 4) is 5.75 Å². The molecule has 0 aromatic heterocycles. The van der Waals surface area contributed by atoms with Gasteiger partial charge in [-0.2, -0.15) is 0 Å². The van der Waals surface area contributed by atoms with E-state index in [-0.39, 0.29) is 24.5 Å². The van der Waals surface area contributed by atoms with Gasteiger partial charge in [0.1, 0.15) is 5.75 Å². The zero-order valence-electron chi connectivity index (χ0n) is 11.2. The van der Waals surface area contributed by atoms with Crippen molar-refractivity contribution in [3.05, 3.63) is 23.8 Å². The van der Waals surface area contributed by atoms with Crippen LogP contribution in [0.25, 0.3) is 0 Å². The van der Waals surface area contributed by atoms with E-state index in [4.69, 9.17) is 4.74 Å². The second kappa shape index (κ2) is 5.73. The van der Waals surface area contributed by atoms with Crippen LogP contribution in [0, 0.1) is 0 Å². The Morgan fingerprint density at radius 1 is 1.42 bits per heavy atom. The second-order valence-corrected chi connectivity index (χ2v) is 4.88. The van der Waals surface area contributed by atoms with Crippen LogP contribution in [-0.4, -0.2) is 24.5 Å². The van der Waals surface area contributed by atoms with Gasteiger partial charge in [0.15, 0.2) is 6.61 Å². The fourth-order valence-electron chi connectivity index (χ4n) is 1.96. The molecule has 0 radical (unpaired) electrons. The van der Waals surface area contributed by atoms with Gasteiger partial charge in [0.25, 0.3) is 5.91 Å². The molecule has 1 aliphatic rings. The third-order valence-corrected chi connectivity index (χ3v) is 2.79. The van der Waals surface area contributed by atoms with Crippen LogP contribution in [0.1, 0.15) is 25.8 Å². The van der Waals surface area contributed by atoms with Gasteiger partial charge >= 0.3 is 0 Å². The summed E-state index contributed by atoms with van der Waals surface area (Å²) in [5.41, 5.74) is 1.87. The average Bonchev–Trinajstić information content (AvgIpc) is 2.35. The van der Waals surface area contributed by atoms with E-state index in [2.05, 4.69) is 10.6 Å². The Balaban J connectivity index is 1.95. The van der Waals surface area contributed by atoms with Gasteiger partial charge in [-0.05, 0) is 44.0 Å². The summed E-state index contributed by atoms with van der Waals surface area (Å²) in [6.07, 6.45) is 1.20. The number of hydrogen-bond acceptors (Lipinski definition) is 3. The highest BCUT2D eigenvalue weighted by atomic mass is 16.5. The molecule has 0 atom stereocenters. The maximum atomic E-state index is 11.5. The predicted octanol–water partition coefficient (Wildman–Crippen LogP) is 1.47. The molecule has 0 saturated carbocycles. The summed E-state index contributed by atoms with van der Waals surface area (Å²) in [7, 11) is 0. The number of anilines is 1. The lowest BCUT2D eigenvalue weighted by molar-refractivity contribution is -0.123. The number of amides is 2. The monoisotopic (exact) mass is 262 g/mol. The molecule has 2 amide bonds. The average molecular weight is 262 g/mol. The highest BCUT2D eigenvalue weighted by molar-refractivity contribution is 5.94. The van der Waals surface area contributed by atoms with Crippen LogP contribution in [0.2, 0.25) is 0 Å². The van der Waals surface area contributed by atoms with Crippen molar-refractivity contribution in [3.63, 3.8) is 0 Å². The third kappa shape index (κ3) is 3.71. The van der Waals surface area contributed by atoms with E-state index >= 15 is 0 Å². The zero-order chi connectivity index (χ0) is 13.8. The number of nitrogens with one attached hydrogen (secondary N) is 2. The molecular formula is C14H18N2O3. The summed E-state index contributed by atoms with van der Waals surface area (Å²) in [5, 5.41) is 5.56. The Morgan fingerprint density at radius 2 is 2.21 bits per heavy atom. The smallest absolute Gasteiger partial charge is 0.258 e. The first kappa shape index (κ1) is 13.4. The molecule has 0 aliphatic carbocycles. The van der Waals surface area contributed by atoms with Gasteiger partial charge in [-0.15, -0.1) is 0 Å². The van der Waals surface area contributed by atoms with Gasteiger partial charge < -0.3 is 15.4 Å². The fraction of sp³-hybridized carbons (Fsp3) is 0.429. The number of carbonyl (C=O) groups is 2. The largest absolute Gasteiger partial charge is 0.484 e. The lowest BCUT2D eigenvalue weighted by atomic mass is 10.0. The molecule has 102 valence electrons. The van der Waals surface area contributed by atoms with Gasteiger partial charge in [0, 0.05) is 18.2 Å². The van der Waals surface area contributed by atoms with Crippen LogP contribution in [0.4, 0.5) is 5.69 Å². The minimum atomic E-state index is -0.138. The molecule has 0 unspecified atom stereocenters. The summed E-state index contributed by atoms with van der Waals surface area (Å²) < 4.78 is 5.44.